The molecule has 1 saturated heterocycles. The summed E-state index contributed by atoms with van der Waals surface area (Å²) in [6.45, 7) is 0. The van der Waals surface area contributed by atoms with Gasteiger partial charge in [0.25, 0.3) is 5.69 Å². The third-order valence-corrected chi connectivity index (χ3v) is 8.66. The van der Waals surface area contributed by atoms with Crippen LogP contribution >= 0.6 is 31.1 Å². The molecule has 1 heterocycles. The first kappa shape index (κ1) is 16.6. The summed E-state index contributed by atoms with van der Waals surface area (Å²) in [6, 6.07) is 6.30. The van der Waals surface area contributed by atoms with Gasteiger partial charge in [-0.15, -0.1) is 23.5 Å². The molecule has 0 spiro atoms. The van der Waals surface area contributed by atoms with Crippen molar-refractivity contribution in [3.05, 3.63) is 44.2 Å². The van der Waals surface area contributed by atoms with Gasteiger partial charge in [0.1, 0.15) is 4.99 Å². The second-order valence-corrected chi connectivity index (χ2v) is 9.45. The Bertz CT molecular complexity index is 596. The molecule has 0 aromatic heterocycles. The molecule has 1 fully saturated rings. The van der Waals surface area contributed by atoms with E-state index in [9.17, 15) is 14.7 Å². The summed E-state index contributed by atoms with van der Waals surface area (Å²) in [6.07, 6.45) is 1.91. The zero-order chi connectivity index (χ0) is 15.5. The Morgan fingerprint density at radius 1 is 1.33 bits per heavy atom. The van der Waals surface area contributed by atoms with Gasteiger partial charge in [-0.1, -0.05) is 0 Å². The van der Waals surface area contributed by atoms with Crippen LogP contribution < -0.4 is 0 Å². The number of non-ortho nitro benzene ring substituents is 1. The van der Waals surface area contributed by atoms with Crippen LogP contribution in [0.15, 0.2) is 28.5 Å². The van der Waals surface area contributed by atoms with Crippen molar-refractivity contribution >= 4 is 42.9 Å². The molecule has 1 aliphatic rings. The number of hydrogen-bond donors (Lipinski definition) is 0. The fourth-order valence-electron chi connectivity index (χ4n) is 1.73. The van der Waals surface area contributed by atoms with Gasteiger partial charge < -0.3 is 9.05 Å². The quantitative estimate of drug-likeness (QED) is 0.449. The molecule has 1 aromatic carbocycles. The second kappa shape index (κ2) is 6.98. The van der Waals surface area contributed by atoms with E-state index in [0.717, 1.165) is 9.80 Å². The number of nitro groups is 1. The van der Waals surface area contributed by atoms with Gasteiger partial charge in [0, 0.05) is 36.3 Å². The fraction of sp³-hybridized carbons (Fsp3) is 0.333. The van der Waals surface area contributed by atoms with Crippen molar-refractivity contribution in [2.75, 3.05) is 20.0 Å². The molecule has 1 aromatic rings. The average molecular weight is 347 g/mol. The van der Waals surface area contributed by atoms with Crippen molar-refractivity contribution in [3.63, 3.8) is 0 Å². The molecule has 2 rings (SSSR count). The monoisotopic (exact) mass is 347 g/mol. The van der Waals surface area contributed by atoms with E-state index in [1.807, 2.05) is 6.08 Å². The van der Waals surface area contributed by atoms with E-state index >= 15 is 0 Å². The Morgan fingerprint density at radius 2 is 1.95 bits per heavy atom. The molecule has 114 valence electrons. The van der Waals surface area contributed by atoms with Crippen molar-refractivity contribution in [1.82, 2.24) is 0 Å². The molecule has 0 saturated carbocycles. The van der Waals surface area contributed by atoms with E-state index in [-0.39, 0.29) is 10.7 Å². The first-order valence-corrected chi connectivity index (χ1v) is 9.43. The normalized spacial score (nSPS) is 20.9. The molecular formula is C12H14NO5PS2. The van der Waals surface area contributed by atoms with Gasteiger partial charge in [-0.05, 0) is 23.8 Å². The van der Waals surface area contributed by atoms with Crippen molar-refractivity contribution in [2.45, 2.75) is 4.99 Å². The molecule has 0 aliphatic carbocycles. The minimum atomic E-state index is -3.08. The molecule has 1 atom stereocenters. The Balaban J connectivity index is 2.10. The maximum atomic E-state index is 12.3. The SMILES string of the molecule is COP(=O)(OC)C1CS/C(=C\c2ccc([N+](=O)[O-])cc2)S1. The zero-order valence-corrected chi connectivity index (χ0v) is 14.0. The number of hydrogen-bond acceptors (Lipinski definition) is 7. The highest BCUT2D eigenvalue weighted by Gasteiger charge is 2.39. The van der Waals surface area contributed by atoms with Gasteiger partial charge in [0.15, 0.2) is 0 Å². The van der Waals surface area contributed by atoms with Crippen LogP contribution in [0.3, 0.4) is 0 Å². The second-order valence-electron chi connectivity index (χ2n) is 4.10. The van der Waals surface area contributed by atoms with Gasteiger partial charge in [0.2, 0.25) is 0 Å². The van der Waals surface area contributed by atoms with Crippen molar-refractivity contribution in [1.29, 1.82) is 0 Å². The zero-order valence-electron chi connectivity index (χ0n) is 11.4. The number of rotatable bonds is 5. The summed E-state index contributed by atoms with van der Waals surface area (Å²) < 4.78 is 23.3. The molecule has 6 nitrogen and oxygen atoms in total. The van der Waals surface area contributed by atoms with E-state index in [1.54, 1.807) is 23.9 Å². The van der Waals surface area contributed by atoms with Crippen LogP contribution in [0.1, 0.15) is 5.56 Å². The Morgan fingerprint density at radius 3 is 2.48 bits per heavy atom. The highest BCUT2D eigenvalue weighted by atomic mass is 32.2. The van der Waals surface area contributed by atoms with Gasteiger partial charge in [-0.25, -0.2) is 0 Å². The lowest BCUT2D eigenvalue weighted by Crippen LogP contribution is -2.05. The molecule has 0 N–H and O–H groups in total. The maximum absolute atomic E-state index is 12.3. The Kier molecular flexibility index (Phi) is 5.51. The minimum Gasteiger partial charge on any atom is -0.311 e. The van der Waals surface area contributed by atoms with Crippen LogP contribution in [0.5, 0.6) is 0 Å². The highest BCUT2D eigenvalue weighted by Crippen LogP contribution is 2.63. The standard InChI is InChI=1S/C12H14NO5PS2/c1-17-19(16,18-2)11-8-20-12(21-11)7-9-3-5-10(6-4-9)13(14)15/h3-7,11H,8H2,1-2H3/b12-7+. The van der Waals surface area contributed by atoms with E-state index in [2.05, 4.69) is 0 Å². The summed E-state index contributed by atoms with van der Waals surface area (Å²) in [4.78, 5) is 9.93. The summed E-state index contributed by atoms with van der Waals surface area (Å²) in [5.74, 6) is 0.641. The lowest BCUT2D eigenvalue weighted by atomic mass is 10.2. The number of nitrogens with zero attached hydrogens (tertiary/aromatic N) is 1. The molecule has 0 radical (unpaired) electrons. The predicted octanol–water partition coefficient (Wildman–Crippen LogP) is 4.19. The largest absolute Gasteiger partial charge is 0.344 e. The van der Waals surface area contributed by atoms with Crippen LogP contribution in [-0.2, 0) is 13.6 Å². The van der Waals surface area contributed by atoms with Crippen LogP contribution in [0, 0.1) is 10.1 Å². The molecule has 21 heavy (non-hydrogen) atoms. The lowest BCUT2D eigenvalue weighted by molar-refractivity contribution is -0.384. The molecule has 0 amide bonds. The maximum Gasteiger partial charge on any atom is 0.344 e. The first-order valence-electron chi connectivity index (χ1n) is 5.95. The molecule has 1 aliphatic heterocycles. The van der Waals surface area contributed by atoms with Gasteiger partial charge >= 0.3 is 7.60 Å². The summed E-state index contributed by atoms with van der Waals surface area (Å²) in [7, 11) is -0.315. The minimum absolute atomic E-state index is 0.0602. The van der Waals surface area contributed by atoms with Gasteiger partial charge in [-0.2, -0.15) is 0 Å². The average Bonchev–Trinajstić information content (AvgIpc) is 2.96. The van der Waals surface area contributed by atoms with E-state index in [4.69, 9.17) is 9.05 Å². The van der Waals surface area contributed by atoms with Gasteiger partial charge in [0.05, 0.1) is 4.92 Å². The highest BCUT2D eigenvalue weighted by molar-refractivity contribution is 8.28. The van der Waals surface area contributed by atoms with Crippen LogP contribution in [-0.4, -0.2) is 29.9 Å². The lowest BCUT2D eigenvalue weighted by Gasteiger charge is -2.18. The van der Waals surface area contributed by atoms with Crippen LogP contribution in [0.2, 0.25) is 0 Å². The third-order valence-electron chi connectivity index (χ3n) is 2.87. The smallest absolute Gasteiger partial charge is 0.311 e. The van der Waals surface area contributed by atoms with Crippen LogP contribution in [0.4, 0.5) is 5.69 Å². The molecular weight excluding hydrogens is 333 g/mol. The first-order chi connectivity index (χ1) is 9.98. The predicted molar refractivity (Wildman–Crippen MR) is 86.5 cm³/mol. The topological polar surface area (TPSA) is 78.7 Å². The summed E-state index contributed by atoms with van der Waals surface area (Å²) in [5, 5.41) is 10.6. The summed E-state index contributed by atoms with van der Waals surface area (Å²) in [5.41, 5.74) is 0.922. The van der Waals surface area contributed by atoms with Crippen molar-refractivity contribution in [2.24, 2.45) is 0 Å². The van der Waals surface area contributed by atoms with E-state index in [0.29, 0.717) is 5.75 Å². The van der Waals surface area contributed by atoms with Crippen molar-refractivity contribution in [3.8, 4) is 0 Å². The Hall–Kier alpha value is -0.790. The number of benzene rings is 1. The van der Waals surface area contributed by atoms with E-state index < -0.39 is 12.5 Å². The van der Waals surface area contributed by atoms with Crippen LogP contribution in [0.25, 0.3) is 6.08 Å². The summed E-state index contributed by atoms with van der Waals surface area (Å²) >= 11 is 3.02. The van der Waals surface area contributed by atoms with Crippen molar-refractivity contribution < 1.29 is 18.5 Å². The van der Waals surface area contributed by atoms with Gasteiger partial charge in [-0.3, -0.25) is 14.7 Å². The molecule has 9 heteroatoms. The molecule has 1 unspecified atom stereocenters. The number of nitro benzene ring substituents is 1. The Labute approximate surface area is 131 Å². The van der Waals surface area contributed by atoms with E-state index in [1.165, 1.54) is 38.1 Å². The molecule has 0 bridgehead atoms. The third kappa shape index (κ3) is 3.90. The number of thioether (sulfide) groups is 2. The fourth-order valence-corrected chi connectivity index (χ4v) is 7.19.